The van der Waals surface area contributed by atoms with Gasteiger partial charge in [0.05, 0.1) is 5.97 Å². The summed E-state index contributed by atoms with van der Waals surface area (Å²) in [6.07, 6.45) is 0. The highest BCUT2D eigenvalue weighted by Crippen LogP contribution is 2.09. The second kappa shape index (κ2) is 5.31. The van der Waals surface area contributed by atoms with E-state index >= 15 is 0 Å². The fraction of sp³-hybridized carbons (Fsp3) is 0.200. The second-order valence-corrected chi connectivity index (χ2v) is 3.26. The van der Waals surface area contributed by atoms with Crippen LogP contribution in [-0.4, -0.2) is 17.6 Å². The number of carboxylic acid groups (broad SMARTS) is 1. The van der Waals surface area contributed by atoms with Crippen molar-refractivity contribution >= 4 is 29.0 Å². The van der Waals surface area contributed by atoms with Gasteiger partial charge in [0.15, 0.2) is 5.11 Å². The third-order valence-corrected chi connectivity index (χ3v) is 1.94. The molecular weight excluding hydrogens is 212 g/mol. The highest BCUT2D eigenvalue weighted by molar-refractivity contribution is 7.80. The molecule has 0 bridgehead atoms. The minimum atomic E-state index is -1.20. The molecule has 0 amide bonds. The van der Waals surface area contributed by atoms with E-state index < -0.39 is 5.97 Å². The number of carbonyl (C=O) groups excluding carboxylic acids is 1. The van der Waals surface area contributed by atoms with Gasteiger partial charge in [-0.05, 0) is 36.8 Å². The van der Waals surface area contributed by atoms with Crippen molar-refractivity contribution in [2.45, 2.75) is 6.92 Å². The summed E-state index contributed by atoms with van der Waals surface area (Å²) >= 11 is 4.96. The first-order chi connectivity index (χ1) is 7.13. The fourth-order valence-corrected chi connectivity index (χ4v) is 1.32. The van der Waals surface area contributed by atoms with Crippen molar-refractivity contribution in [1.82, 2.24) is 5.32 Å². The van der Waals surface area contributed by atoms with Crippen molar-refractivity contribution in [3.05, 3.63) is 29.8 Å². The predicted octanol–water partition coefficient (Wildman–Crippen LogP) is 0.356. The molecule has 0 aliphatic heterocycles. The van der Waals surface area contributed by atoms with Crippen molar-refractivity contribution in [3.63, 3.8) is 0 Å². The maximum Gasteiger partial charge on any atom is 0.170 e. The van der Waals surface area contributed by atoms with Crippen LogP contribution in [0.1, 0.15) is 17.3 Å². The molecule has 2 N–H and O–H groups in total. The number of anilines is 1. The zero-order chi connectivity index (χ0) is 11.3. The summed E-state index contributed by atoms with van der Waals surface area (Å²) in [5, 5.41) is 16.8. The maximum absolute atomic E-state index is 10.6. The summed E-state index contributed by atoms with van der Waals surface area (Å²) in [4.78, 5) is 10.6. The molecule has 80 valence electrons. The van der Waals surface area contributed by atoms with Crippen molar-refractivity contribution in [2.75, 3.05) is 11.9 Å². The summed E-state index contributed by atoms with van der Waals surface area (Å²) in [7, 11) is 0. The average Bonchev–Trinajstić information content (AvgIpc) is 2.18. The highest BCUT2D eigenvalue weighted by Gasteiger charge is 1.98. The molecule has 15 heavy (non-hydrogen) atoms. The average molecular weight is 223 g/mol. The lowest BCUT2D eigenvalue weighted by Crippen LogP contribution is -2.28. The zero-order valence-electron chi connectivity index (χ0n) is 8.24. The highest BCUT2D eigenvalue weighted by atomic mass is 32.1. The second-order valence-electron chi connectivity index (χ2n) is 2.85. The Morgan fingerprint density at radius 1 is 1.53 bits per heavy atom. The summed E-state index contributed by atoms with van der Waals surface area (Å²) in [5.41, 5.74) is 0.752. The number of nitrogens with one attached hydrogen (secondary N) is 2. The Balaban J connectivity index is 2.73. The molecule has 0 heterocycles. The van der Waals surface area contributed by atoms with Crippen LogP contribution in [0.5, 0.6) is 0 Å². The monoisotopic (exact) mass is 223 g/mol. The SMILES string of the molecule is CCNC(=S)Nc1cccc(C(=O)[O-])c1. The molecule has 1 rings (SSSR count). The number of aromatic carboxylic acids is 1. The summed E-state index contributed by atoms with van der Waals surface area (Å²) in [6.45, 7) is 2.64. The molecule has 4 nitrogen and oxygen atoms in total. The number of hydrogen-bond acceptors (Lipinski definition) is 3. The molecule has 0 aliphatic rings. The van der Waals surface area contributed by atoms with Crippen LogP contribution in [0.2, 0.25) is 0 Å². The van der Waals surface area contributed by atoms with Gasteiger partial charge in [-0.15, -0.1) is 0 Å². The van der Waals surface area contributed by atoms with E-state index in [0.29, 0.717) is 17.3 Å². The molecule has 0 fully saturated rings. The van der Waals surface area contributed by atoms with E-state index in [1.165, 1.54) is 12.1 Å². The summed E-state index contributed by atoms with van der Waals surface area (Å²) in [5.74, 6) is -1.20. The Morgan fingerprint density at radius 3 is 2.87 bits per heavy atom. The lowest BCUT2D eigenvalue weighted by atomic mass is 10.2. The molecule has 1 aromatic rings. The molecule has 1 aromatic carbocycles. The number of hydrogen-bond donors (Lipinski definition) is 2. The van der Waals surface area contributed by atoms with Gasteiger partial charge in [-0.25, -0.2) is 0 Å². The van der Waals surface area contributed by atoms with Gasteiger partial charge < -0.3 is 20.5 Å². The van der Waals surface area contributed by atoms with Crippen LogP contribution in [-0.2, 0) is 0 Å². The van der Waals surface area contributed by atoms with Crippen LogP contribution in [0.25, 0.3) is 0 Å². The van der Waals surface area contributed by atoms with Gasteiger partial charge in [0.2, 0.25) is 0 Å². The molecule has 5 heteroatoms. The lowest BCUT2D eigenvalue weighted by Gasteiger charge is -2.10. The Labute approximate surface area is 93.3 Å². The number of carboxylic acids is 1. The molecule has 0 aliphatic carbocycles. The Hall–Kier alpha value is -1.62. The van der Waals surface area contributed by atoms with Crippen LogP contribution < -0.4 is 15.7 Å². The van der Waals surface area contributed by atoms with Crippen molar-refractivity contribution < 1.29 is 9.90 Å². The van der Waals surface area contributed by atoms with E-state index in [0.717, 1.165) is 0 Å². The van der Waals surface area contributed by atoms with Crippen LogP contribution in [0.3, 0.4) is 0 Å². The van der Waals surface area contributed by atoms with Crippen molar-refractivity contribution in [2.24, 2.45) is 0 Å². The molecule has 0 spiro atoms. The Kier molecular flexibility index (Phi) is 4.05. The van der Waals surface area contributed by atoms with Gasteiger partial charge in [0.25, 0.3) is 0 Å². The minimum Gasteiger partial charge on any atom is -0.545 e. The molecule has 0 atom stereocenters. The smallest absolute Gasteiger partial charge is 0.170 e. The first-order valence-electron chi connectivity index (χ1n) is 4.49. The van der Waals surface area contributed by atoms with Crippen molar-refractivity contribution in [3.8, 4) is 0 Å². The molecule has 0 saturated heterocycles. The van der Waals surface area contributed by atoms with Crippen LogP contribution >= 0.6 is 12.2 Å². The topological polar surface area (TPSA) is 64.2 Å². The predicted molar refractivity (Wildman–Crippen MR) is 60.7 cm³/mol. The van der Waals surface area contributed by atoms with Gasteiger partial charge in [-0.3, -0.25) is 0 Å². The lowest BCUT2D eigenvalue weighted by molar-refractivity contribution is -0.255. The minimum absolute atomic E-state index is 0.124. The normalized spacial score (nSPS) is 9.40. The number of rotatable bonds is 3. The molecule has 0 unspecified atom stereocenters. The van der Waals surface area contributed by atoms with E-state index in [1.54, 1.807) is 12.1 Å². The Bertz CT molecular complexity index is 379. The van der Waals surface area contributed by atoms with Crippen LogP contribution in [0.4, 0.5) is 5.69 Å². The standard InChI is InChI=1S/C10H12N2O2S/c1-2-11-10(15)12-8-5-3-4-7(6-8)9(13)14/h3-6H,2H2,1H3,(H,13,14)(H2,11,12,15)/p-1. The van der Waals surface area contributed by atoms with E-state index in [2.05, 4.69) is 10.6 Å². The third kappa shape index (κ3) is 3.55. The number of benzene rings is 1. The molecule has 0 saturated carbocycles. The van der Waals surface area contributed by atoms with E-state index in [-0.39, 0.29) is 5.56 Å². The van der Waals surface area contributed by atoms with E-state index in [9.17, 15) is 9.90 Å². The first kappa shape index (κ1) is 11.5. The first-order valence-corrected chi connectivity index (χ1v) is 4.90. The zero-order valence-corrected chi connectivity index (χ0v) is 9.06. The maximum atomic E-state index is 10.6. The molecular formula is C10H11N2O2S-. The van der Waals surface area contributed by atoms with Crippen LogP contribution in [0.15, 0.2) is 24.3 Å². The summed E-state index contributed by atoms with van der Waals surface area (Å²) in [6, 6.07) is 6.30. The van der Waals surface area contributed by atoms with Crippen molar-refractivity contribution in [1.29, 1.82) is 0 Å². The number of carbonyl (C=O) groups is 1. The quantitative estimate of drug-likeness (QED) is 0.724. The van der Waals surface area contributed by atoms with E-state index in [1.807, 2.05) is 6.92 Å². The molecule has 0 aromatic heterocycles. The third-order valence-electron chi connectivity index (χ3n) is 1.69. The van der Waals surface area contributed by atoms with Gasteiger partial charge in [0, 0.05) is 12.2 Å². The largest absolute Gasteiger partial charge is 0.545 e. The van der Waals surface area contributed by atoms with Gasteiger partial charge in [0.1, 0.15) is 0 Å². The molecule has 0 radical (unpaired) electrons. The van der Waals surface area contributed by atoms with Crippen LogP contribution in [0, 0.1) is 0 Å². The van der Waals surface area contributed by atoms with Gasteiger partial charge >= 0.3 is 0 Å². The Morgan fingerprint density at radius 2 is 2.27 bits per heavy atom. The number of thiocarbonyl (C=S) groups is 1. The van der Waals surface area contributed by atoms with Gasteiger partial charge in [-0.1, -0.05) is 12.1 Å². The van der Waals surface area contributed by atoms with Gasteiger partial charge in [-0.2, -0.15) is 0 Å². The van der Waals surface area contributed by atoms with E-state index in [4.69, 9.17) is 12.2 Å². The summed E-state index contributed by atoms with van der Waals surface area (Å²) < 4.78 is 0. The fourth-order valence-electron chi connectivity index (χ4n) is 1.06.